The van der Waals surface area contributed by atoms with Crippen molar-refractivity contribution in [2.24, 2.45) is 31.8 Å². The fourth-order valence-electron chi connectivity index (χ4n) is 1.12. The Labute approximate surface area is 138 Å². The van der Waals surface area contributed by atoms with Gasteiger partial charge in [0.25, 0.3) is 0 Å². The molecule has 0 N–H and O–H groups in total. The smallest absolute Gasteiger partial charge is 0.0892 e. The molecule has 0 unspecified atom stereocenters. The fourth-order valence-corrected chi connectivity index (χ4v) is 1.12. The number of nitrogens with zero attached hydrogens (tertiary/aromatic N) is 4. The van der Waals surface area contributed by atoms with E-state index >= 15 is 0 Å². The highest BCUT2D eigenvalue weighted by atomic mass is 14.8. The Balaban J connectivity index is 0. The van der Waals surface area contributed by atoms with Gasteiger partial charge in [0.2, 0.25) is 0 Å². The molecular formula is C18H36N4. The predicted molar refractivity (Wildman–Crippen MR) is 98.7 cm³/mol. The van der Waals surface area contributed by atoms with Gasteiger partial charge in [0.15, 0.2) is 0 Å². The van der Waals surface area contributed by atoms with Gasteiger partial charge in [-0.3, -0.25) is 0 Å². The molecule has 0 fully saturated rings. The van der Waals surface area contributed by atoms with Crippen molar-refractivity contribution in [1.29, 1.82) is 0 Å². The lowest BCUT2D eigenvalue weighted by Crippen LogP contribution is -1.92. The molecule has 128 valence electrons. The lowest BCUT2D eigenvalue weighted by molar-refractivity contribution is 0.659. The average Bonchev–Trinajstić information content (AvgIpc) is 2.46. The summed E-state index contributed by atoms with van der Waals surface area (Å²) in [5, 5.41) is 0. The minimum absolute atomic E-state index is 0.608. The molecule has 0 heterocycles. The number of aliphatic imine (C=N–C) groups is 4. The lowest BCUT2D eigenvalue weighted by Gasteiger charge is -1.94. The Morgan fingerprint density at radius 2 is 1.00 bits per heavy atom. The lowest BCUT2D eigenvalue weighted by atomic mass is 10.2. The Hall–Kier alpha value is -1.24. The molecule has 0 aromatic carbocycles. The summed E-state index contributed by atoms with van der Waals surface area (Å²) in [5.74, 6) is 1.22. The van der Waals surface area contributed by atoms with Gasteiger partial charge in [-0.15, -0.1) is 0 Å². The molecule has 0 rings (SSSR count). The van der Waals surface area contributed by atoms with E-state index in [9.17, 15) is 0 Å². The summed E-state index contributed by atoms with van der Waals surface area (Å²) in [4.78, 5) is 16.1. The van der Waals surface area contributed by atoms with Gasteiger partial charge in [-0.2, -0.15) is 0 Å². The molecule has 22 heavy (non-hydrogen) atoms. The molecule has 0 radical (unpaired) electrons. The Kier molecular flexibility index (Phi) is 20.7. The zero-order valence-corrected chi connectivity index (χ0v) is 15.6. The quantitative estimate of drug-likeness (QED) is 0.392. The van der Waals surface area contributed by atoms with Crippen molar-refractivity contribution in [2.75, 3.05) is 26.2 Å². The average molecular weight is 309 g/mol. The predicted octanol–water partition coefficient (Wildman–Crippen LogP) is 5.23. The first-order valence-electron chi connectivity index (χ1n) is 8.70. The molecule has 0 aromatic heterocycles. The summed E-state index contributed by atoms with van der Waals surface area (Å²) in [5.41, 5.74) is 0. The normalized spacial score (nSPS) is 9.45. The van der Waals surface area contributed by atoms with Gasteiger partial charge in [-0.1, -0.05) is 54.4 Å². The molecule has 0 saturated heterocycles. The van der Waals surface area contributed by atoms with Crippen molar-refractivity contribution < 1.29 is 0 Å². The van der Waals surface area contributed by atoms with Crippen LogP contribution in [-0.4, -0.2) is 38.2 Å². The monoisotopic (exact) mass is 308 g/mol. The molecule has 0 saturated carbocycles. The van der Waals surface area contributed by atoms with Crippen molar-refractivity contribution in [2.45, 2.75) is 67.2 Å². The summed E-state index contributed by atoms with van der Waals surface area (Å²) in [6.45, 7) is 16.3. The van der Waals surface area contributed by atoms with Gasteiger partial charge >= 0.3 is 0 Å². The second-order valence-corrected chi connectivity index (χ2v) is 6.14. The largest absolute Gasteiger partial charge is 0.226 e. The van der Waals surface area contributed by atoms with Crippen LogP contribution in [0.2, 0.25) is 0 Å². The number of unbranched alkanes of at least 4 members (excludes halogenated alkanes) is 2. The molecule has 4 heteroatoms. The maximum atomic E-state index is 4.03. The van der Waals surface area contributed by atoms with E-state index in [1.165, 1.54) is 12.8 Å². The van der Waals surface area contributed by atoms with Crippen molar-refractivity contribution in [3.63, 3.8) is 0 Å². The van der Waals surface area contributed by atoms with Crippen molar-refractivity contribution in [1.82, 2.24) is 0 Å². The van der Waals surface area contributed by atoms with E-state index in [1.54, 1.807) is 0 Å². The molecule has 0 atom stereocenters. The minimum atomic E-state index is 0.608. The molecular weight excluding hydrogens is 272 g/mol. The van der Waals surface area contributed by atoms with Gasteiger partial charge in [0, 0.05) is 13.1 Å². The van der Waals surface area contributed by atoms with Crippen LogP contribution >= 0.6 is 0 Å². The third-order valence-corrected chi connectivity index (χ3v) is 2.44. The van der Waals surface area contributed by atoms with Crippen LogP contribution in [0.15, 0.2) is 20.0 Å². The summed E-state index contributed by atoms with van der Waals surface area (Å²) >= 11 is 0. The van der Waals surface area contributed by atoms with Crippen molar-refractivity contribution >= 4 is 12.0 Å². The molecule has 0 spiro atoms. The zero-order chi connectivity index (χ0) is 17.1. The Bertz CT molecular complexity index is 307. The summed E-state index contributed by atoms with van der Waals surface area (Å²) < 4.78 is 0. The summed E-state index contributed by atoms with van der Waals surface area (Å²) in [6, 6.07) is 5.40. The maximum Gasteiger partial charge on any atom is 0.0892 e. The van der Waals surface area contributed by atoms with Crippen LogP contribution < -0.4 is 0 Å². The van der Waals surface area contributed by atoms with E-state index in [-0.39, 0.29) is 0 Å². The molecule has 0 aromatic rings. The standard InChI is InChI=1S/2C9H18N2/c1-8(2)5-10-7-11-6-9(3)4;1-3-5-7-10-9-11-8-6-4-2/h8-9H,5-6H2,1-4H3;3-8H2,1-2H3. The van der Waals surface area contributed by atoms with Gasteiger partial charge in [0.1, 0.15) is 0 Å². The van der Waals surface area contributed by atoms with E-state index in [0.717, 1.165) is 39.0 Å². The second-order valence-electron chi connectivity index (χ2n) is 6.14. The molecule has 0 aliphatic rings. The minimum Gasteiger partial charge on any atom is -0.226 e. The molecule has 0 bridgehead atoms. The molecule has 4 nitrogen and oxygen atoms in total. The van der Waals surface area contributed by atoms with Crippen LogP contribution in [0.4, 0.5) is 0 Å². The third kappa shape index (κ3) is 27.2. The van der Waals surface area contributed by atoms with E-state index < -0.39 is 0 Å². The molecule has 0 amide bonds. The highest BCUT2D eigenvalue weighted by Crippen LogP contribution is 1.91. The fraction of sp³-hybridized carbons (Fsp3) is 0.889. The van der Waals surface area contributed by atoms with Crippen LogP contribution in [0, 0.1) is 11.8 Å². The first-order chi connectivity index (χ1) is 10.5. The Morgan fingerprint density at radius 1 is 0.636 bits per heavy atom. The topological polar surface area (TPSA) is 49.4 Å². The van der Waals surface area contributed by atoms with Crippen molar-refractivity contribution in [3.8, 4) is 0 Å². The second kappa shape index (κ2) is 19.8. The van der Waals surface area contributed by atoms with Crippen LogP contribution in [0.5, 0.6) is 0 Å². The summed E-state index contributed by atoms with van der Waals surface area (Å²) in [7, 11) is 0. The van der Waals surface area contributed by atoms with Gasteiger partial charge < -0.3 is 0 Å². The number of rotatable bonds is 10. The van der Waals surface area contributed by atoms with Gasteiger partial charge in [-0.25, -0.2) is 20.0 Å². The summed E-state index contributed by atoms with van der Waals surface area (Å²) in [6.07, 6.45) is 4.69. The van der Waals surface area contributed by atoms with E-state index in [4.69, 9.17) is 0 Å². The molecule has 0 aliphatic heterocycles. The van der Waals surface area contributed by atoms with Crippen LogP contribution in [0.1, 0.15) is 67.2 Å². The van der Waals surface area contributed by atoms with Crippen LogP contribution in [-0.2, 0) is 0 Å². The number of hydrogen-bond acceptors (Lipinski definition) is 4. The van der Waals surface area contributed by atoms with E-state index in [0.29, 0.717) is 11.8 Å². The maximum absolute atomic E-state index is 4.03. The van der Waals surface area contributed by atoms with Gasteiger partial charge in [0.05, 0.1) is 25.1 Å². The first kappa shape index (κ1) is 23.0. The van der Waals surface area contributed by atoms with Crippen LogP contribution in [0.3, 0.4) is 0 Å². The van der Waals surface area contributed by atoms with E-state index in [2.05, 4.69) is 73.5 Å². The highest BCUT2D eigenvalue weighted by Gasteiger charge is 1.88. The first-order valence-corrected chi connectivity index (χ1v) is 8.70. The van der Waals surface area contributed by atoms with E-state index in [1.807, 2.05) is 0 Å². The zero-order valence-electron chi connectivity index (χ0n) is 15.6. The third-order valence-electron chi connectivity index (χ3n) is 2.44. The molecule has 0 aliphatic carbocycles. The van der Waals surface area contributed by atoms with Crippen LogP contribution in [0.25, 0.3) is 0 Å². The Morgan fingerprint density at radius 3 is 1.32 bits per heavy atom. The highest BCUT2D eigenvalue weighted by molar-refractivity contribution is 5.41. The SMILES string of the molecule is CC(C)CN=C=NCC(C)C.CCCCN=C=NCCCC. The number of hydrogen-bond donors (Lipinski definition) is 0. The van der Waals surface area contributed by atoms with Gasteiger partial charge in [-0.05, 0) is 24.7 Å². The van der Waals surface area contributed by atoms with Crippen molar-refractivity contribution in [3.05, 3.63) is 0 Å².